The molecule has 0 N–H and O–H groups in total. The summed E-state index contributed by atoms with van der Waals surface area (Å²) < 4.78 is 10.1. The fourth-order valence-electron chi connectivity index (χ4n) is 1.87. The van der Waals surface area contributed by atoms with Crippen LogP contribution in [0.2, 0.25) is 0 Å². The van der Waals surface area contributed by atoms with Gasteiger partial charge in [0.05, 0.1) is 11.1 Å². The van der Waals surface area contributed by atoms with Crippen LogP contribution in [0.15, 0.2) is 42.5 Å². The first-order valence-corrected chi connectivity index (χ1v) is 6.78. The molecule has 0 saturated carbocycles. The molecule has 0 radical (unpaired) electrons. The topological polar surface area (TPSA) is 52.6 Å². The summed E-state index contributed by atoms with van der Waals surface area (Å²) in [5.41, 5.74) is 1.66. The van der Waals surface area contributed by atoms with Gasteiger partial charge in [0.25, 0.3) is 0 Å². The first kappa shape index (κ1) is 14.8. The summed E-state index contributed by atoms with van der Waals surface area (Å²) in [7, 11) is 0. The molecule has 2 aromatic carbocycles. The molecule has 4 heteroatoms. The van der Waals surface area contributed by atoms with Crippen LogP contribution in [0.4, 0.5) is 0 Å². The zero-order chi connectivity index (χ0) is 15.4. The number of carbonyl (C=O) groups excluding carboxylic acids is 2. The highest BCUT2D eigenvalue weighted by molar-refractivity contribution is 6.14. The van der Waals surface area contributed by atoms with Crippen LogP contribution >= 0.6 is 0 Å². The zero-order valence-electron chi connectivity index (χ0n) is 12.2. The van der Waals surface area contributed by atoms with Crippen LogP contribution in [0.5, 0.6) is 11.5 Å². The van der Waals surface area contributed by atoms with E-state index < -0.39 is 11.9 Å². The van der Waals surface area contributed by atoms with E-state index in [2.05, 4.69) is 4.74 Å². The summed E-state index contributed by atoms with van der Waals surface area (Å²) >= 11 is 0. The van der Waals surface area contributed by atoms with Crippen LogP contribution in [0, 0.1) is 6.92 Å². The van der Waals surface area contributed by atoms with Gasteiger partial charge in [0, 0.05) is 0 Å². The molecule has 1 aliphatic rings. The Morgan fingerprint density at radius 2 is 1.38 bits per heavy atom. The Bertz CT molecular complexity index is 672. The molecule has 0 saturated heterocycles. The largest absolute Gasteiger partial charge is 0.457 e. The van der Waals surface area contributed by atoms with Gasteiger partial charge in [0.1, 0.15) is 11.5 Å². The standard InChI is InChI=1S/C15H10O4.C2H6/c1-9-2-4-10(5-3-9)18-11-6-7-12-13(8-11)15(17)19-14(12)16;1-2/h2-8H,1H3;1-2H3. The molecule has 0 fully saturated rings. The molecule has 108 valence electrons. The number of ether oxygens (including phenoxy) is 2. The third-order valence-corrected chi connectivity index (χ3v) is 2.87. The number of esters is 2. The van der Waals surface area contributed by atoms with Gasteiger partial charge >= 0.3 is 11.9 Å². The number of fused-ring (bicyclic) bond motifs is 1. The zero-order valence-corrected chi connectivity index (χ0v) is 12.2. The van der Waals surface area contributed by atoms with E-state index in [9.17, 15) is 9.59 Å². The van der Waals surface area contributed by atoms with Gasteiger partial charge in [-0.1, -0.05) is 31.5 Å². The quantitative estimate of drug-likeness (QED) is 0.614. The van der Waals surface area contributed by atoms with E-state index in [1.54, 1.807) is 6.07 Å². The molecule has 2 aromatic rings. The van der Waals surface area contributed by atoms with Crippen LogP contribution in [0.25, 0.3) is 0 Å². The molecule has 4 nitrogen and oxygen atoms in total. The molecule has 0 atom stereocenters. The molecule has 0 aromatic heterocycles. The average Bonchev–Trinajstić information content (AvgIpc) is 2.78. The lowest BCUT2D eigenvalue weighted by atomic mass is 10.1. The molecule has 0 bridgehead atoms. The molecule has 0 unspecified atom stereocenters. The lowest BCUT2D eigenvalue weighted by molar-refractivity contribution is 0.0443. The molecule has 21 heavy (non-hydrogen) atoms. The molecule has 1 heterocycles. The predicted molar refractivity (Wildman–Crippen MR) is 78.8 cm³/mol. The van der Waals surface area contributed by atoms with Crippen molar-refractivity contribution in [3.05, 3.63) is 59.2 Å². The summed E-state index contributed by atoms with van der Waals surface area (Å²) in [5.74, 6) is -0.0752. The van der Waals surface area contributed by atoms with Crippen molar-refractivity contribution in [3.63, 3.8) is 0 Å². The summed E-state index contributed by atoms with van der Waals surface area (Å²) in [4.78, 5) is 22.7. The van der Waals surface area contributed by atoms with Crippen molar-refractivity contribution in [2.45, 2.75) is 20.8 Å². The number of aryl methyl sites for hydroxylation is 1. The molecule has 0 aliphatic carbocycles. The second kappa shape index (κ2) is 6.22. The van der Waals surface area contributed by atoms with Crippen LogP contribution in [-0.4, -0.2) is 11.9 Å². The van der Waals surface area contributed by atoms with E-state index in [-0.39, 0.29) is 11.1 Å². The predicted octanol–water partition coefficient (Wildman–Crippen LogP) is 4.12. The highest BCUT2D eigenvalue weighted by Gasteiger charge is 2.29. The number of benzene rings is 2. The number of cyclic esters (lactones) is 2. The lowest BCUT2D eigenvalue weighted by Crippen LogP contribution is -1.96. The monoisotopic (exact) mass is 284 g/mol. The highest BCUT2D eigenvalue weighted by atomic mass is 16.6. The maximum absolute atomic E-state index is 11.4. The van der Waals surface area contributed by atoms with Gasteiger partial charge in [-0.15, -0.1) is 0 Å². The van der Waals surface area contributed by atoms with Crippen molar-refractivity contribution in [1.82, 2.24) is 0 Å². The molecule has 3 rings (SSSR count). The van der Waals surface area contributed by atoms with Gasteiger partial charge in [0.2, 0.25) is 0 Å². The molecular weight excluding hydrogens is 268 g/mol. The Morgan fingerprint density at radius 3 is 2.05 bits per heavy atom. The molecule has 0 spiro atoms. The van der Waals surface area contributed by atoms with Crippen LogP contribution in [0.1, 0.15) is 40.1 Å². The number of hydrogen-bond donors (Lipinski definition) is 0. The van der Waals surface area contributed by atoms with Crippen molar-refractivity contribution >= 4 is 11.9 Å². The molecule has 1 aliphatic heterocycles. The molecular formula is C17H16O4. The number of rotatable bonds is 2. The van der Waals surface area contributed by atoms with E-state index in [0.29, 0.717) is 11.5 Å². The van der Waals surface area contributed by atoms with E-state index in [0.717, 1.165) is 5.56 Å². The minimum absolute atomic E-state index is 0.245. The first-order valence-electron chi connectivity index (χ1n) is 6.78. The second-order valence-corrected chi connectivity index (χ2v) is 4.30. The van der Waals surface area contributed by atoms with Crippen molar-refractivity contribution in [1.29, 1.82) is 0 Å². The summed E-state index contributed by atoms with van der Waals surface area (Å²) in [6.45, 7) is 5.99. The van der Waals surface area contributed by atoms with Gasteiger partial charge in [-0.3, -0.25) is 0 Å². The Labute approximate surface area is 123 Å². The third-order valence-electron chi connectivity index (χ3n) is 2.87. The number of hydrogen-bond acceptors (Lipinski definition) is 4. The summed E-state index contributed by atoms with van der Waals surface area (Å²) in [6, 6.07) is 12.2. The average molecular weight is 284 g/mol. The van der Waals surface area contributed by atoms with E-state index >= 15 is 0 Å². The van der Waals surface area contributed by atoms with E-state index in [1.807, 2.05) is 45.0 Å². The van der Waals surface area contributed by atoms with Gasteiger partial charge in [0.15, 0.2) is 0 Å². The maximum atomic E-state index is 11.4. The SMILES string of the molecule is CC.Cc1ccc(Oc2ccc3c(c2)C(=O)OC3=O)cc1. The minimum atomic E-state index is -0.630. The fourth-order valence-corrected chi connectivity index (χ4v) is 1.87. The Morgan fingerprint density at radius 1 is 0.810 bits per heavy atom. The summed E-state index contributed by atoms with van der Waals surface area (Å²) in [5, 5.41) is 0. The van der Waals surface area contributed by atoms with Gasteiger partial charge in [-0.25, -0.2) is 9.59 Å². The highest BCUT2D eigenvalue weighted by Crippen LogP contribution is 2.28. The van der Waals surface area contributed by atoms with Crippen LogP contribution in [0.3, 0.4) is 0 Å². The van der Waals surface area contributed by atoms with Crippen molar-refractivity contribution in [2.75, 3.05) is 0 Å². The number of carbonyl (C=O) groups is 2. The minimum Gasteiger partial charge on any atom is -0.457 e. The van der Waals surface area contributed by atoms with Gasteiger partial charge in [-0.05, 0) is 37.3 Å². The smallest absolute Gasteiger partial charge is 0.347 e. The maximum Gasteiger partial charge on any atom is 0.347 e. The third kappa shape index (κ3) is 3.11. The van der Waals surface area contributed by atoms with E-state index in [4.69, 9.17) is 4.74 Å². The van der Waals surface area contributed by atoms with Gasteiger partial charge < -0.3 is 9.47 Å². The Hall–Kier alpha value is -2.62. The van der Waals surface area contributed by atoms with Crippen LogP contribution in [-0.2, 0) is 4.74 Å². The Balaban J connectivity index is 0.000000774. The normalized spacial score (nSPS) is 12.1. The summed E-state index contributed by atoms with van der Waals surface area (Å²) in [6.07, 6.45) is 0. The van der Waals surface area contributed by atoms with E-state index in [1.165, 1.54) is 12.1 Å². The van der Waals surface area contributed by atoms with Crippen molar-refractivity contribution in [3.8, 4) is 11.5 Å². The van der Waals surface area contributed by atoms with Crippen LogP contribution < -0.4 is 4.74 Å². The lowest BCUT2D eigenvalue weighted by Gasteiger charge is -2.06. The van der Waals surface area contributed by atoms with Gasteiger partial charge in [-0.2, -0.15) is 0 Å². The van der Waals surface area contributed by atoms with Crippen molar-refractivity contribution in [2.24, 2.45) is 0 Å². The van der Waals surface area contributed by atoms with Crippen molar-refractivity contribution < 1.29 is 19.1 Å². The molecule has 0 amide bonds. The second-order valence-electron chi connectivity index (χ2n) is 4.30. The fraction of sp³-hybridized carbons (Fsp3) is 0.176. The first-order chi connectivity index (χ1) is 10.1. The Kier molecular flexibility index (Phi) is 4.38.